The summed E-state index contributed by atoms with van der Waals surface area (Å²) < 4.78 is 5.14. The van der Waals surface area contributed by atoms with Crippen molar-refractivity contribution in [1.82, 2.24) is 20.6 Å². The summed E-state index contributed by atoms with van der Waals surface area (Å²) in [5, 5.41) is 8.00. The summed E-state index contributed by atoms with van der Waals surface area (Å²) in [5.74, 6) is -0.369. The normalized spacial score (nSPS) is 11.6. The number of carbonyl (C=O) groups is 3. The van der Waals surface area contributed by atoms with Crippen molar-refractivity contribution < 1.29 is 19.1 Å². The van der Waals surface area contributed by atoms with E-state index in [2.05, 4.69) is 25.9 Å². The lowest BCUT2D eigenvalue weighted by Crippen LogP contribution is -2.45. The zero-order valence-corrected chi connectivity index (χ0v) is 21.0. The number of nitrogens with one attached hydrogen (secondary N) is 4. The molecule has 0 fully saturated rings. The van der Waals surface area contributed by atoms with Gasteiger partial charge in [0.05, 0.1) is 11.0 Å². The van der Waals surface area contributed by atoms with Gasteiger partial charge >= 0.3 is 6.09 Å². The largest absolute Gasteiger partial charge is 0.444 e. The number of ether oxygens (including phenoxy) is 1. The Labute approximate surface area is 206 Å². The second-order valence-corrected chi connectivity index (χ2v) is 8.66. The molecule has 0 radical (unpaired) electrons. The molecule has 0 aliphatic rings. The molecule has 3 amide bonds. The molecule has 3 aromatic rings. The Morgan fingerprint density at radius 2 is 1.63 bits per heavy atom. The van der Waals surface area contributed by atoms with Crippen LogP contribution in [0.2, 0.25) is 0 Å². The molecule has 35 heavy (non-hydrogen) atoms. The number of anilines is 1. The number of hydrogen-bond acceptors (Lipinski definition) is 5. The molecule has 3 rings (SSSR count). The molecule has 1 aromatic heterocycles. The van der Waals surface area contributed by atoms with E-state index in [9.17, 15) is 14.4 Å². The fourth-order valence-corrected chi connectivity index (χ4v) is 3.24. The van der Waals surface area contributed by atoms with E-state index in [1.807, 2.05) is 68.4 Å². The minimum absolute atomic E-state index is 0.0319. The standard InChI is InChI=1S/C24H29N5O4.C2H6/c1-24(2,3)33-23(32)25-15-21(31)26-17(13-16-9-5-4-6-10-16)14-20(30)29-22-27-18-11-7-8-12-19(18)28-22;1-2/h4-12,17H,13-15H2,1-3H3,(H,25,32)(H,26,31)(H2,27,28,29,30);1-2H3/t17-;/m0./s1. The van der Waals surface area contributed by atoms with Gasteiger partial charge in [-0.05, 0) is 44.9 Å². The first-order chi connectivity index (χ1) is 16.7. The third-order valence-electron chi connectivity index (χ3n) is 4.56. The van der Waals surface area contributed by atoms with Gasteiger partial charge in [-0.25, -0.2) is 9.78 Å². The maximum absolute atomic E-state index is 12.7. The van der Waals surface area contributed by atoms with E-state index in [1.54, 1.807) is 20.8 Å². The van der Waals surface area contributed by atoms with Gasteiger partial charge in [-0.1, -0.05) is 56.3 Å². The number of imidazole rings is 1. The van der Waals surface area contributed by atoms with Crippen molar-refractivity contribution in [1.29, 1.82) is 0 Å². The summed E-state index contributed by atoms with van der Waals surface area (Å²) in [7, 11) is 0. The van der Waals surface area contributed by atoms with Crippen molar-refractivity contribution in [3.05, 3.63) is 60.2 Å². The zero-order chi connectivity index (χ0) is 25.8. The van der Waals surface area contributed by atoms with E-state index in [1.165, 1.54) is 0 Å². The van der Waals surface area contributed by atoms with E-state index in [4.69, 9.17) is 4.74 Å². The Hall–Kier alpha value is -3.88. The average molecular weight is 482 g/mol. The Bertz CT molecular complexity index is 1070. The van der Waals surface area contributed by atoms with Gasteiger partial charge in [0.1, 0.15) is 12.1 Å². The van der Waals surface area contributed by atoms with Crippen molar-refractivity contribution in [3.63, 3.8) is 0 Å². The summed E-state index contributed by atoms with van der Waals surface area (Å²) in [4.78, 5) is 44.3. The van der Waals surface area contributed by atoms with Crippen LogP contribution in [0.3, 0.4) is 0 Å². The number of para-hydroxylation sites is 2. The molecule has 2 aromatic carbocycles. The summed E-state index contributed by atoms with van der Waals surface area (Å²) >= 11 is 0. The van der Waals surface area contributed by atoms with Crippen LogP contribution in [-0.2, 0) is 20.7 Å². The van der Waals surface area contributed by atoms with Gasteiger partial charge in [0.25, 0.3) is 0 Å². The van der Waals surface area contributed by atoms with E-state index in [-0.39, 0.29) is 18.9 Å². The monoisotopic (exact) mass is 481 g/mol. The number of aromatic amines is 1. The van der Waals surface area contributed by atoms with Crippen LogP contribution in [0.5, 0.6) is 0 Å². The molecule has 4 N–H and O–H groups in total. The number of rotatable bonds is 8. The highest BCUT2D eigenvalue weighted by atomic mass is 16.6. The topological polar surface area (TPSA) is 125 Å². The molecular weight excluding hydrogens is 446 g/mol. The molecule has 188 valence electrons. The zero-order valence-electron chi connectivity index (χ0n) is 21.0. The fourth-order valence-electron chi connectivity index (χ4n) is 3.24. The maximum atomic E-state index is 12.7. The van der Waals surface area contributed by atoms with Gasteiger partial charge in [0.2, 0.25) is 17.8 Å². The first-order valence-corrected chi connectivity index (χ1v) is 11.7. The number of aromatic nitrogens is 2. The smallest absolute Gasteiger partial charge is 0.408 e. The predicted octanol–water partition coefficient (Wildman–Crippen LogP) is 4.17. The molecule has 9 heteroatoms. The minimum Gasteiger partial charge on any atom is -0.444 e. The molecule has 0 unspecified atom stereocenters. The molecule has 0 saturated heterocycles. The number of alkyl carbamates (subject to hydrolysis) is 1. The number of fused-ring (bicyclic) bond motifs is 1. The van der Waals surface area contributed by atoms with Gasteiger partial charge in [0, 0.05) is 12.5 Å². The lowest BCUT2D eigenvalue weighted by molar-refractivity contribution is -0.121. The van der Waals surface area contributed by atoms with Crippen molar-refractivity contribution in [3.8, 4) is 0 Å². The summed E-state index contributed by atoms with van der Waals surface area (Å²) in [6.07, 6.45) is -0.198. The third kappa shape index (κ3) is 9.87. The second kappa shape index (κ2) is 13.1. The molecule has 0 saturated carbocycles. The molecule has 0 aliphatic carbocycles. The molecule has 1 heterocycles. The fraction of sp³-hybridized carbons (Fsp3) is 0.385. The Balaban J connectivity index is 0.00000210. The average Bonchev–Trinajstić information content (AvgIpc) is 3.20. The quantitative estimate of drug-likeness (QED) is 0.384. The van der Waals surface area contributed by atoms with Crippen molar-refractivity contribution in [2.24, 2.45) is 0 Å². The predicted molar refractivity (Wildman–Crippen MR) is 137 cm³/mol. The van der Waals surface area contributed by atoms with Crippen molar-refractivity contribution >= 4 is 34.9 Å². The number of H-pyrrole nitrogens is 1. The molecule has 0 bridgehead atoms. The first-order valence-electron chi connectivity index (χ1n) is 11.7. The van der Waals surface area contributed by atoms with Crippen LogP contribution in [0.4, 0.5) is 10.7 Å². The Kier molecular flexibility index (Phi) is 10.3. The molecule has 9 nitrogen and oxygen atoms in total. The highest BCUT2D eigenvalue weighted by Gasteiger charge is 2.20. The van der Waals surface area contributed by atoms with Crippen molar-refractivity contribution in [2.75, 3.05) is 11.9 Å². The lowest BCUT2D eigenvalue weighted by atomic mass is 10.0. The number of amides is 3. The van der Waals surface area contributed by atoms with E-state index < -0.39 is 23.6 Å². The highest BCUT2D eigenvalue weighted by molar-refractivity contribution is 5.92. The second-order valence-electron chi connectivity index (χ2n) is 8.66. The van der Waals surface area contributed by atoms with Crippen LogP contribution in [0, 0.1) is 0 Å². The van der Waals surface area contributed by atoms with Crippen LogP contribution >= 0.6 is 0 Å². The Morgan fingerprint density at radius 3 is 2.29 bits per heavy atom. The number of carbonyl (C=O) groups excluding carboxylic acids is 3. The van der Waals surface area contributed by atoms with Gasteiger partial charge in [0.15, 0.2) is 0 Å². The third-order valence-corrected chi connectivity index (χ3v) is 4.56. The summed E-state index contributed by atoms with van der Waals surface area (Å²) in [6, 6.07) is 16.5. The molecule has 0 aliphatic heterocycles. The van der Waals surface area contributed by atoms with Gasteiger partial charge < -0.3 is 20.4 Å². The van der Waals surface area contributed by atoms with Crippen molar-refractivity contribution in [2.45, 2.75) is 59.1 Å². The summed E-state index contributed by atoms with van der Waals surface area (Å²) in [5.41, 5.74) is 1.87. The SMILES string of the molecule is CC.CC(C)(C)OC(=O)NCC(=O)N[C@H](CC(=O)Nc1nc2ccccc2[nH]1)Cc1ccccc1. The van der Waals surface area contributed by atoms with Crippen LogP contribution < -0.4 is 16.0 Å². The molecule has 1 atom stereocenters. The van der Waals surface area contributed by atoms with Crippen LogP contribution in [0.1, 0.15) is 46.6 Å². The van der Waals surface area contributed by atoms with Gasteiger partial charge in [-0.2, -0.15) is 0 Å². The van der Waals surface area contributed by atoms with Gasteiger partial charge in [-0.3, -0.25) is 14.9 Å². The van der Waals surface area contributed by atoms with Crippen LogP contribution in [-0.4, -0.2) is 46.1 Å². The number of benzene rings is 2. The Morgan fingerprint density at radius 1 is 0.971 bits per heavy atom. The van der Waals surface area contributed by atoms with Crippen LogP contribution in [0.25, 0.3) is 11.0 Å². The molecule has 0 spiro atoms. The number of nitrogens with zero attached hydrogens (tertiary/aromatic N) is 1. The summed E-state index contributed by atoms with van der Waals surface area (Å²) in [6.45, 7) is 8.96. The lowest BCUT2D eigenvalue weighted by Gasteiger charge is -2.21. The van der Waals surface area contributed by atoms with E-state index >= 15 is 0 Å². The highest BCUT2D eigenvalue weighted by Crippen LogP contribution is 2.14. The number of hydrogen-bond donors (Lipinski definition) is 4. The van der Waals surface area contributed by atoms with E-state index in [0.717, 1.165) is 16.6 Å². The molecular formula is C26H35N5O4. The van der Waals surface area contributed by atoms with Crippen LogP contribution in [0.15, 0.2) is 54.6 Å². The minimum atomic E-state index is -0.681. The maximum Gasteiger partial charge on any atom is 0.408 e. The first kappa shape index (κ1) is 27.4. The van der Waals surface area contributed by atoms with E-state index in [0.29, 0.717) is 12.4 Å². The van der Waals surface area contributed by atoms with Gasteiger partial charge in [-0.15, -0.1) is 0 Å².